The Hall–Kier alpha value is 0.130. The Bertz CT molecular complexity index is 230. The summed E-state index contributed by atoms with van der Waals surface area (Å²) in [6.07, 6.45) is 17.2. The van der Waals surface area contributed by atoms with Crippen molar-refractivity contribution >= 4 is 12.4 Å². The molecule has 4 nitrogen and oxygen atoms in total. The van der Waals surface area contributed by atoms with Gasteiger partial charge in [0, 0.05) is 0 Å². The zero-order valence-electron chi connectivity index (χ0n) is 15.8. The van der Waals surface area contributed by atoms with Crippen LogP contribution in [0.5, 0.6) is 0 Å². The van der Waals surface area contributed by atoms with Crippen LogP contribution in [-0.4, -0.2) is 47.2 Å². The highest BCUT2D eigenvalue weighted by molar-refractivity contribution is 5.85. The van der Waals surface area contributed by atoms with Crippen molar-refractivity contribution in [2.45, 2.75) is 95.9 Å². The van der Waals surface area contributed by atoms with Crippen molar-refractivity contribution in [3.8, 4) is 0 Å². The Kier molecular flexibility index (Phi) is 21.4. The van der Waals surface area contributed by atoms with E-state index in [0.29, 0.717) is 0 Å². The van der Waals surface area contributed by atoms with Crippen LogP contribution in [0.25, 0.3) is 0 Å². The Morgan fingerprint density at radius 1 is 0.583 bits per heavy atom. The maximum atomic E-state index is 9.20. The summed E-state index contributed by atoms with van der Waals surface area (Å²) >= 11 is 0. The van der Waals surface area contributed by atoms with Gasteiger partial charge < -0.3 is 20.6 Å². The van der Waals surface area contributed by atoms with Crippen LogP contribution in [0.1, 0.15) is 90.4 Å². The molecule has 0 saturated heterocycles. The third-order valence-corrected chi connectivity index (χ3v) is 4.69. The van der Waals surface area contributed by atoms with Gasteiger partial charge in [-0.1, -0.05) is 84.0 Å². The lowest BCUT2D eigenvalue weighted by atomic mass is 10.0. The Morgan fingerprint density at radius 3 is 1.25 bits per heavy atom. The van der Waals surface area contributed by atoms with Gasteiger partial charge in [-0.3, -0.25) is 0 Å². The molecule has 0 aromatic rings. The van der Waals surface area contributed by atoms with Gasteiger partial charge in [-0.15, -0.1) is 12.4 Å². The number of unbranched alkanes of at least 4 members (excludes halogenated alkanes) is 12. The molecule has 0 rings (SSSR count). The number of rotatable bonds is 18. The molecule has 0 amide bonds. The van der Waals surface area contributed by atoms with Gasteiger partial charge in [0.25, 0.3) is 0 Å². The first-order valence-corrected chi connectivity index (χ1v) is 9.82. The molecule has 4 N–H and O–H groups in total. The van der Waals surface area contributed by atoms with Gasteiger partial charge >= 0.3 is 0 Å². The van der Waals surface area contributed by atoms with Gasteiger partial charge in [0.05, 0.1) is 25.4 Å². The molecule has 0 atom stereocenters. The van der Waals surface area contributed by atoms with Crippen molar-refractivity contribution < 1.29 is 15.3 Å². The van der Waals surface area contributed by atoms with Crippen LogP contribution in [0.15, 0.2) is 0 Å². The molecule has 0 radical (unpaired) electrons. The average Bonchev–Trinajstić information content (AvgIpc) is 2.59. The van der Waals surface area contributed by atoms with Crippen molar-refractivity contribution in [1.29, 1.82) is 0 Å². The summed E-state index contributed by atoms with van der Waals surface area (Å²) in [5.41, 5.74) is -0.920. The lowest BCUT2D eigenvalue weighted by molar-refractivity contribution is 0.0425. The molecule has 0 aliphatic heterocycles. The van der Waals surface area contributed by atoms with E-state index in [1.54, 1.807) is 0 Å². The molecule has 0 unspecified atom stereocenters. The topological polar surface area (TPSA) is 72.7 Å². The molecule has 0 fully saturated rings. The Labute approximate surface area is 155 Å². The van der Waals surface area contributed by atoms with E-state index in [0.717, 1.165) is 13.0 Å². The molecule has 24 heavy (non-hydrogen) atoms. The highest BCUT2D eigenvalue weighted by atomic mass is 35.5. The average molecular weight is 368 g/mol. The summed E-state index contributed by atoms with van der Waals surface area (Å²) in [5, 5.41) is 30.7. The first-order chi connectivity index (χ1) is 11.2. The summed E-state index contributed by atoms with van der Waals surface area (Å²) in [6.45, 7) is 2.28. The normalized spacial score (nSPS) is 11.5. The second-order valence-electron chi connectivity index (χ2n) is 6.92. The van der Waals surface area contributed by atoms with E-state index in [9.17, 15) is 15.3 Å². The van der Waals surface area contributed by atoms with E-state index in [4.69, 9.17) is 0 Å². The molecule has 0 aromatic heterocycles. The lowest BCUT2D eigenvalue weighted by Gasteiger charge is -2.28. The lowest BCUT2D eigenvalue weighted by Crippen LogP contribution is -2.55. The standard InChI is InChI=1S/C19H41NO3.ClH/c1-2-3-4-5-6-7-8-9-10-11-12-13-14-15-20-19(16-21,17-22)18-23;/h20-23H,2-18H2,1H3;1H. The van der Waals surface area contributed by atoms with Gasteiger partial charge in [-0.05, 0) is 13.0 Å². The van der Waals surface area contributed by atoms with E-state index >= 15 is 0 Å². The van der Waals surface area contributed by atoms with E-state index in [-0.39, 0.29) is 32.2 Å². The maximum Gasteiger partial charge on any atom is 0.0881 e. The number of nitrogens with one attached hydrogen (secondary N) is 1. The van der Waals surface area contributed by atoms with Gasteiger partial charge in [0.2, 0.25) is 0 Å². The molecule has 0 aliphatic carbocycles. The summed E-state index contributed by atoms with van der Waals surface area (Å²) < 4.78 is 0. The van der Waals surface area contributed by atoms with Crippen LogP contribution in [0.4, 0.5) is 0 Å². The summed E-state index contributed by atoms with van der Waals surface area (Å²) in [6, 6.07) is 0. The maximum absolute atomic E-state index is 9.20. The monoisotopic (exact) mass is 367 g/mol. The zero-order chi connectivity index (χ0) is 17.2. The zero-order valence-corrected chi connectivity index (χ0v) is 16.6. The SMILES string of the molecule is CCCCCCCCCCCCCCCNC(CO)(CO)CO.Cl. The fraction of sp³-hybridized carbons (Fsp3) is 1.00. The van der Waals surface area contributed by atoms with Crippen molar-refractivity contribution in [3.63, 3.8) is 0 Å². The summed E-state index contributed by atoms with van der Waals surface area (Å²) in [5.74, 6) is 0. The first kappa shape index (κ1) is 26.4. The van der Waals surface area contributed by atoms with Gasteiger partial charge in [0.1, 0.15) is 0 Å². The number of aliphatic hydroxyl groups is 3. The van der Waals surface area contributed by atoms with Gasteiger partial charge in [0.15, 0.2) is 0 Å². The van der Waals surface area contributed by atoms with Crippen LogP contribution in [0, 0.1) is 0 Å². The molecule has 0 aliphatic rings. The van der Waals surface area contributed by atoms with Crippen LogP contribution in [-0.2, 0) is 0 Å². The number of halogens is 1. The molecule has 5 heteroatoms. The van der Waals surface area contributed by atoms with Crippen LogP contribution in [0.3, 0.4) is 0 Å². The minimum Gasteiger partial charge on any atom is -0.394 e. The molecule has 0 aromatic carbocycles. The largest absolute Gasteiger partial charge is 0.394 e. The van der Waals surface area contributed by atoms with Crippen molar-refractivity contribution in [2.24, 2.45) is 0 Å². The van der Waals surface area contributed by atoms with Crippen molar-refractivity contribution in [1.82, 2.24) is 5.32 Å². The third kappa shape index (κ3) is 14.5. The fourth-order valence-electron chi connectivity index (χ4n) is 2.81. The van der Waals surface area contributed by atoms with Crippen molar-refractivity contribution in [2.75, 3.05) is 26.4 Å². The quantitative estimate of drug-likeness (QED) is 0.278. The number of hydrogen-bond acceptors (Lipinski definition) is 4. The molecule has 0 heterocycles. The fourth-order valence-corrected chi connectivity index (χ4v) is 2.81. The number of aliphatic hydroxyl groups excluding tert-OH is 3. The highest BCUT2D eigenvalue weighted by Crippen LogP contribution is 2.12. The Balaban J connectivity index is 0. The molecule has 148 valence electrons. The third-order valence-electron chi connectivity index (χ3n) is 4.69. The highest BCUT2D eigenvalue weighted by Gasteiger charge is 2.26. The van der Waals surface area contributed by atoms with Gasteiger partial charge in [-0.25, -0.2) is 0 Å². The van der Waals surface area contributed by atoms with E-state index in [1.807, 2.05) is 0 Å². The predicted octanol–water partition coefficient (Wildman–Crippen LogP) is 3.80. The molecule has 0 spiro atoms. The molecular weight excluding hydrogens is 326 g/mol. The van der Waals surface area contributed by atoms with Crippen LogP contribution in [0.2, 0.25) is 0 Å². The summed E-state index contributed by atoms with van der Waals surface area (Å²) in [4.78, 5) is 0. The van der Waals surface area contributed by atoms with Crippen LogP contribution >= 0.6 is 12.4 Å². The minimum atomic E-state index is -0.920. The van der Waals surface area contributed by atoms with Gasteiger partial charge in [-0.2, -0.15) is 0 Å². The number of hydrogen-bond donors (Lipinski definition) is 4. The second-order valence-corrected chi connectivity index (χ2v) is 6.92. The molecule has 0 saturated carbocycles. The summed E-state index contributed by atoms with van der Waals surface area (Å²) in [7, 11) is 0. The second kappa shape index (κ2) is 19.5. The smallest absolute Gasteiger partial charge is 0.0881 e. The van der Waals surface area contributed by atoms with Crippen molar-refractivity contribution in [3.05, 3.63) is 0 Å². The van der Waals surface area contributed by atoms with E-state index in [2.05, 4.69) is 12.2 Å². The van der Waals surface area contributed by atoms with E-state index < -0.39 is 5.54 Å². The predicted molar refractivity (Wildman–Crippen MR) is 105 cm³/mol. The van der Waals surface area contributed by atoms with Crippen LogP contribution < -0.4 is 5.32 Å². The minimum absolute atomic E-state index is 0. The first-order valence-electron chi connectivity index (χ1n) is 9.82. The Morgan fingerprint density at radius 2 is 0.917 bits per heavy atom. The molecule has 0 bridgehead atoms. The molecular formula is C19H42ClNO3. The van der Waals surface area contributed by atoms with E-state index in [1.165, 1.54) is 77.0 Å².